The van der Waals surface area contributed by atoms with Crippen LogP contribution in [0.15, 0.2) is 51.1 Å². The van der Waals surface area contributed by atoms with Gasteiger partial charge in [-0.2, -0.15) is 0 Å². The molecular weight excluding hydrogens is 398 g/mol. The number of hydrogen-bond acceptors (Lipinski definition) is 4. The first-order chi connectivity index (χ1) is 14.2. The number of pyridine rings is 1. The molecule has 1 aliphatic rings. The molecule has 1 fully saturated rings. The molecule has 30 heavy (non-hydrogen) atoms. The van der Waals surface area contributed by atoms with Crippen molar-refractivity contribution in [2.75, 3.05) is 0 Å². The molecule has 1 saturated carbocycles. The molecule has 4 rings (SSSR count). The number of nitrogens with one attached hydrogen (secondary N) is 1. The van der Waals surface area contributed by atoms with Gasteiger partial charge in [0.15, 0.2) is 0 Å². The third-order valence-corrected chi connectivity index (χ3v) is 7.68. The summed E-state index contributed by atoms with van der Waals surface area (Å²) in [5.41, 5.74) is 1.19. The average Bonchev–Trinajstić information content (AvgIpc) is 3.07. The van der Waals surface area contributed by atoms with Gasteiger partial charge in [-0.3, -0.25) is 4.79 Å². The van der Waals surface area contributed by atoms with E-state index in [1.807, 2.05) is 6.07 Å². The van der Waals surface area contributed by atoms with Crippen LogP contribution in [0.25, 0.3) is 11.0 Å². The third kappa shape index (κ3) is 3.95. The minimum absolute atomic E-state index is 0.0686. The van der Waals surface area contributed by atoms with Crippen molar-refractivity contribution in [3.8, 4) is 0 Å². The number of sulfone groups is 1. The monoisotopic (exact) mass is 427 g/mol. The number of hydrogen-bond donors (Lipinski definition) is 1. The summed E-state index contributed by atoms with van der Waals surface area (Å²) in [6.07, 6.45) is 7.60. The quantitative estimate of drug-likeness (QED) is 0.667. The van der Waals surface area contributed by atoms with E-state index in [4.69, 9.17) is 4.98 Å². The molecule has 0 atom stereocenters. The Hall–Kier alpha value is -2.41. The van der Waals surface area contributed by atoms with E-state index in [-0.39, 0.29) is 20.8 Å². The summed E-state index contributed by atoms with van der Waals surface area (Å²) in [4.78, 5) is 18.9. The van der Waals surface area contributed by atoms with Crippen molar-refractivity contribution in [3.05, 3.63) is 52.7 Å². The maximum absolute atomic E-state index is 13.0. The molecule has 0 bridgehead atoms. The lowest BCUT2D eigenvalue weighted by atomic mass is 9.88. The number of aromatic amines is 1. The first-order valence-electron chi connectivity index (χ1n) is 10.6. The molecule has 2 aromatic heterocycles. The fourth-order valence-corrected chi connectivity index (χ4v) is 5.61. The topological polar surface area (TPSA) is 84.8 Å². The maximum atomic E-state index is 13.0. The van der Waals surface area contributed by atoms with Gasteiger partial charge >= 0.3 is 0 Å². The Balaban J connectivity index is 1.79. The minimum atomic E-state index is -3.73. The zero-order chi connectivity index (χ0) is 21.5. The van der Waals surface area contributed by atoms with Gasteiger partial charge in [-0.25, -0.2) is 13.4 Å². The first-order valence-corrected chi connectivity index (χ1v) is 12.1. The predicted octanol–water partition coefficient (Wildman–Crippen LogP) is 4.44. The van der Waals surface area contributed by atoms with Crippen LogP contribution in [-0.2, 0) is 21.8 Å². The Morgan fingerprint density at radius 2 is 1.77 bits per heavy atom. The minimum Gasteiger partial charge on any atom is -0.328 e. The molecule has 7 heteroatoms. The average molecular weight is 428 g/mol. The molecule has 1 aliphatic carbocycles. The highest BCUT2D eigenvalue weighted by molar-refractivity contribution is 7.91. The largest absolute Gasteiger partial charge is 0.328 e. The van der Waals surface area contributed by atoms with Crippen LogP contribution < -0.4 is 5.56 Å². The maximum Gasteiger partial charge on any atom is 0.247 e. The van der Waals surface area contributed by atoms with Crippen molar-refractivity contribution in [1.29, 1.82) is 0 Å². The molecular formula is C23H29N3O3S. The number of benzene rings is 1. The van der Waals surface area contributed by atoms with Gasteiger partial charge in [0, 0.05) is 24.2 Å². The number of nitrogens with zero attached hydrogens (tertiary/aromatic N) is 2. The summed E-state index contributed by atoms with van der Waals surface area (Å²) in [7, 11) is -3.73. The van der Waals surface area contributed by atoms with Gasteiger partial charge in [0.2, 0.25) is 15.4 Å². The van der Waals surface area contributed by atoms with E-state index in [2.05, 4.69) is 30.3 Å². The summed E-state index contributed by atoms with van der Waals surface area (Å²) in [5.74, 6) is 1.63. The Labute approximate surface area is 177 Å². The van der Waals surface area contributed by atoms with Crippen LogP contribution >= 0.6 is 0 Å². The van der Waals surface area contributed by atoms with Crippen molar-refractivity contribution >= 4 is 20.9 Å². The number of fused-ring (bicyclic) bond motifs is 1. The third-order valence-electron chi connectivity index (χ3n) is 5.93. The molecule has 0 saturated heterocycles. The van der Waals surface area contributed by atoms with E-state index >= 15 is 0 Å². The predicted molar refractivity (Wildman–Crippen MR) is 118 cm³/mol. The van der Waals surface area contributed by atoms with Gasteiger partial charge in [-0.1, -0.05) is 40.0 Å². The Bertz CT molecular complexity index is 1210. The summed E-state index contributed by atoms with van der Waals surface area (Å²) in [6.45, 7) is 7.35. The first kappa shape index (κ1) is 20.8. The van der Waals surface area contributed by atoms with Crippen molar-refractivity contribution in [3.63, 3.8) is 0 Å². The lowest BCUT2D eigenvalue weighted by Crippen LogP contribution is -2.22. The van der Waals surface area contributed by atoms with Gasteiger partial charge < -0.3 is 9.55 Å². The van der Waals surface area contributed by atoms with E-state index in [1.54, 1.807) is 12.1 Å². The molecule has 0 amide bonds. The number of H-pyrrole nitrogens is 1. The summed E-state index contributed by atoms with van der Waals surface area (Å²) < 4.78 is 28.4. The van der Waals surface area contributed by atoms with E-state index < -0.39 is 9.84 Å². The van der Waals surface area contributed by atoms with Gasteiger partial charge in [-0.15, -0.1) is 0 Å². The van der Waals surface area contributed by atoms with Crippen LogP contribution in [0.4, 0.5) is 0 Å². The molecule has 0 radical (unpaired) electrons. The molecule has 0 spiro atoms. The summed E-state index contributed by atoms with van der Waals surface area (Å²) in [6, 6.07) is 7.73. The molecule has 0 unspecified atom stereocenters. The Kier molecular flexibility index (Phi) is 5.34. The SMILES string of the molecule is CC(C)(C)c1nc2cc(S(=O)(=O)c3ccc(=O)[nH]c3)ccc2n1CC1CCCCC1. The molecule has 6 nitrogen and oxygen atoms in total. The van der Waals surface area contributed by atoms with Gasteiger partial charge in [0.1, 0.15) is 5.82 Å². The molecule has 1 aromatic carbocycles. The normalized spacial score (nSPS) is 16.2. The molecule has 1 N–H and O–H groups in total. The lowest BCUT2D eigenvalue weighted by molar-refractivity contribution is 0.313. The van der Waals surface area contributed by atoms with Crippen molar-refractivity contribution < 1.29 is 8.42 Å². The van der Waals surface area contributed by atoms with E-state index in [9.17, 15) is 13.2 Å². The van der Waals surface area contributed by atoms with Crippen molar-refractivity contribution in [1.82, 2.24) is 14.5 Å². The molecule has 2 heterocycles. The van der Waals surface area contributed by atoms with Crippen LogP contribution in [0.5, 0.6) is 0 Å². The Morgan fingerprint density at radius 1 is 1.07 bits per heavy atom. The van der Waals surface area contributed by atoms with E-state index in [0.29, 0.717) is 11.4 Å². The van der Waals surface area contributed by atoms with E-state index in [0.717, 1.165) is 17.9 Å². The van der Waals surface area contributed by atoms with Crippen LogP contribution in [0.2, 0.25) is 0 Å². The second kappa shape index (κ2) is 7.69. The number of rotatable bonds is 4. The van der Waals surface area contributed by atoms with Crippen LogP contribution in [0, 0.1) is 5.92 Å². The van der Waals surface area contributed by atoms with Gasteiger partial charge in [0.05, 0.1) is 20.8 Å². The smallest absolute Gasteiger partial charge is 0.247 e. The molecule has 0 aliphatic heterocycles. The zero-order valence-corrected chi connectivity index (χ0v) is 18.6. The fourth-order valence-electron chi connectivity index (χ4n) is 4.36. The highest BCUT2D eigenvalue weighted by atomic mass is 32.2. The van der Waals surface area contributed by atoms with Crippen molar-refractivity contribution in [2.45, 2.75) is 74.6 Å². The van der Waals surface area contributed by atoms with Crippen LogP contribution in [0.3, 0.4) is 0 Å². The van der Waals surface area contributed by atoms with Gasteiger partial charge in [0.25, 0.3) is 0 Å². The molecule has 3 aromatic rings. The van der Waals surface area contributed by atoms with Gasteiger partial charge in [-0.05, 0) is 43.0 Å². The Morgan fingerprint density at radius 3 is 2.40 bits per heavy atom. The second-order valence-corrected chi connectivity index (χ2v) is 11.3. The fraction of sp³-hybridized carbons (Fsp3) is 0.478. The summed E-state index contributed by atoms with van der Waals surface area (Å²) in [5, 5.41) is 0. The number of imidazole rings is 1. The van der Waals surface area contributed by atoms with Crippen LogP contribution in [0.1, 0.15) is 58.7 Å². The van der Waals surface area contributed by atoms with Crippen LogP contribution in [-0.4, -0.2) is 23.0 Å². The standard InChI is InChI=1S/C23H29N3O3S/c1-23(2,3)22-25-19-13-17(30(28,29)18-10-12-21(27)24-14-18)9-11-20(19)26(22)15-16-7-5-4-6-8-16/h9-14,16H,4-8,15H2,1-3H3,(H,24,27). The highest BCUT2D eigenvalue weighted by Gasteiger charge is 2.26. The second-order valence-electron chi connectivity index (χ2n) is 9.34. The highest BCUT2D eigenvalue weighted by Crippen LogP contribution is 2.32. The van der Waals surface area contributed by atoms with Crippen molar-refractivity contribution in [2.24, 2.45) is 5.92 Å². The zero-order valence-electron chi connectivity index (χ0n) is 17.8. The molecule has 160 valence electrons. The summed E-state index contributed by atoms with van der Waals surface area (Å²) >= 11 is 0. The lowest BCUT2D eigenvalue weighted by Gasteiger charge is -2.26. The van der Waals surface area contributed by atoms with E-state index in [1.165, 1.54) is 50.4 Å². The number of aromatic nitrogens is 3.